The molecule has 0 bridgehead atoms. The standard InChI is InChI=1S/C22H29NO3S/c1-6-23(20-10-8-7-9-11-20)21(24)17(2)27(25,26)16-18-12-14-19(15-13-18)22(3,4)5/h7-15,17H,6,16H2,1-5H3. The fraction of sp³-hybridized carbons (Fsp3) is 0.409. The minimum atomic E-state index is -3.62. The van der Waals surface area contributed by atoms with E-state index in [9.17, 15) is 13.2 Å². The van der Waals surface area contributed by atoms with Gasteiger partial charge in [-0.05, 0) is 42.5 Å². The molecule has 146 valence electrons. The summed E-state index contributed by atoms with van der Waals surface area (Å²) in [5.41, 5.74) is 2.57. The van der Waals surface area contributed by atoms with Crippen LogP contribution in [0.15, 0.2) is 54.6 Å². The molecule has 2 aromatic rings. The zero-order valence-electron chi connectivity index (χ0n) is 16.8. The van der Waals surface area contributed by atoms with Gasteiger partial charge < -0.3 is 4.90 Å². The van der Waals surface area contributed by atoms with Crippen molar-refractivity contribution in [1.29, 1.82) is 0 Å². The topological polar surface area (TPSA) is 54.5 Å². The fourth-order valence-electron chi connectivity index (χ4n) is 2.90. The molecule has 0 aliphatic heterocycles. The number of amides is 1. The Kier molecular flexibility index (Phi) is 6.47. The maximum absolute atomic E-state index is 12.8. The number of para-hydroxylation sites is 1. The van der Waals surface area contributed by atoms with Gasteiger partial charge in [-0.15, -0.1) is 0 Å². The summed E-state index contributed by atoms with van der Waals surface area (Å²) in [6.07, 6.45) is 0. The molecule has 0 radical (unpaired) electrons. The Morgan fingerprint density at radius 3 is 2.04 bits per heavy atom. The molecule has 2 rings (SSSR count). The zero-order valence-corrected chi connectivity index (χ0v) is 17.6. The van der Waals surface area contributed by atoms with Crippen LogP contribution in [-0.2, 0) is 25.8 Å². The predicted molar refractivity (Wildman–Crippen MR) is 112 cm³/mol. The van der Waals surface area contributed by atoms with E-state index in [1.807, 2.05) is 61.5 Å². The summed E-state index contributed by atoms with van der Waals surface area (Å²) in [7, 11) is -3.62. The van der Waals surface area contributed by atoms with Gasteiger partial charge in [0.1, 0.15) is 5.25 Å². The third-order valence-electron chi connectivity index (χ3n) is 4.72. The summed E-state index contributed by atoms with van der Waals surface area (Å²) in [6.45, 7) is 10.1. The first kappa shape index (κ1) is 21.2. The Bertz CT molecular complexity index is 866. The van der Waals surface area contributed by atoms with E-state index in [0.717, 1.165) is 5.56 Å². The first-order valence-corrected chi connectivity index (χ1v) is 10.9. The highest BCUT2D eigenvalue weighted by Crippen LogP contribution is 2.24. The molecule has 0 N–H and O–H groups in total. The van der Waals surface area contributed by atoms with Gasteiger partial charge >= 0.3 is 0 Å². The number of rotatable bonds is 6. The van der Waals surface area contributed by atoms with Crippen LogP contribution in [0.2, 0.25) is 0 Å². The molecular formula is C22H29NO3S. The van der Waals surface area contributed by atoms with E-state index < -0.39 is 21.0 Å². The average molecular weight is 388 g/mol. The Labute approximate surface area is 163 Å². The normalized spacial score (nSPS) is 13.2. The number of hydrogen-bond acceptors (Lipinski definition) is 3. The van der Waals surface area contributed by atoms with E-state index >= 15 is 0 Å². The Morgan fingerprint density at radius 2 is 1.56 bits per heavy atom. The van der Waals surface area contributed by atoms with Crippen LogP contribution in [0.4, 0.5) is 5.69 Å². The number of nitrogens with zero attached hydrogens (tertiary/aromatic N) is 1. The molecule has 5 heteroatoms. The van der Waals surface area contributed by atoms with Crippen molar-refractivity contribution in [3.05, 3.63) is 65.7 Å². The van der Waals surface area contributed by atoms with Crippen molar-refractivity contribution in [3.8, 4) is 0 Å². The second-order valence-corrected chi connectivity index (χ2v) is 10.1. The summed E-state index contributed by atoms with van der Waals surface area (Å²) < 4.78 is 25.7. The molecule has 0 aliphatic rings. The molecule has 4 nitrogen and oxygen atoms in total. The van der Waals surface area contributed by atoms with E-state index in [-0.39, 0.29) is 11.2 Å². The summed E-state index contributed by atoms with van der Waals surface area (Å²) in [4.78, 5) is 14.4. The van der Waals surface area contributed by atoms with Gasteiger partial charge in [-0.25, -0.2) is 8.42 Å². The lowest BCUT2D eigenvalue weighted by molar-refractivity contribution is -0.117. The van der Waals surface area contributed by atoms with Crippen molar-refractivity contribution in [2.24, 2.45) is 0 Å². The third-order valence-corrected chi connectivity index (χ3v) is 6.74. The fourth-order valence-corrected chi connectivity index (χ4v) is 4.25. The molecule has 0 saturated carbocycles. The van der Waals surface area contributed by atoms with Crippen molar-refractivity contribution in [2.45, 2.75) is 51.0 Å². The molecule has 27 heavy (non-hydrogen) atoms. The van der Waals surface area contributed by atoms with Crippen LogP contribution in [0.3, 0.4) is 0 Å². The minimum absolute atomic E-state index is 0.0119. The van der Waals surface area contributed by atoms with Gasteiger partial charge in [0, 0.05) is 12.2 Å². The summed E-state index contributed by atoms with van der Waals surface area (Å²) in [5.74, 6) is -0.536. The summed E-state index contributed by atoms with van der Waals surface area (Å²) in [6, 6.07) is 16.7. The Balaban J connectivity index is 2.18. The lowest BCUT2D eigenvalue weighted by Crippen LogP contribution is -2.42. The second kappa shape index (κ2) is 8.26. The number of carbonyl (C=O) groups is 1. The third kappa shape index (κ3) is 5.19. The van der Waals surface area contributed by atoms with E-state index in [0.29, 0.717) is 17.8 Å². The van der Waals surface area contributed by atoms with E-state index in [1.54, 1.807) is 0 Å². The maximum Gasteiger partial charge on any atom is 0.245 e. The van der Waals surface area contributed by atoms with E-state index in [4.69, 9.17) is 0 Å². The Hall–Kier alpha value is -2.14. The first-order valence-electron chi connectivity index (χ1n) is 9.23. The van der Waals surface area contributed by atoms with Crippen LogP contribution >= 0.6 is 0 Å². The van der Waals surface area contributed by atoms with Crippen LogP contribution < -0.4 is 4.90 Å². The smallest absolute Gasteiger partial charge is 0.245 e. The summed E-state index contributed by atoms with van der Waals surface area (Å²) >= 11 is 0. The zero-order chi connectivity index (χ0) is 20.2. The van der Waals surface area contributed by atoms with Crippen LogP contribution in [0.25, 0.3) is 0 Å². The minimum Gasteiger partial charge on any atom is -0.312 e. The van der Waals surface area contributed by atoms with Crippen LogP contribution in [-0.4, -0.2) is 26.1 Å². The molecule has 0 saturated heterocycles. The molecule has 0 heterocycles. The van der Waals surface area contributed by atoms with Gasteiger partial charge in [-0.1, -0.05) is 63.2 Å². The predicted octanol–water partition coefficient (Wildman–Crippen LogP) is 4.34. The highest BCUT2D eigenvalue weighted by Gasteiger charge is 2.32. The number of carbonyl (C=O) groups excluding carboxylic acids is 1. The van der Waals surface area contributed by atoms with Crippen molar-refractivity contribution < 1.29 is 13.2 Å². The average Bonchev–Trinajstić information content (AvgIpc) is 2.62. The van der Waals surface area contributed by atoms with E-state index in [2.05, 4.69) is 20.8 Å². The molecule has 1 amide bonds. The number of anilines is 1. The monoisotopic (exact) mass is 387 g/mol. The molecule has 0 aliphatic carbocycles. The highest BCUT2D eigenvalue weighted by atomic mass is 32.2. The van der Waals surface area contributed by atoms with Gasteiger partial charge in [0.05, 0.1) is 5.75 Å². The Morgan fingerprint density at radius 1 is 1.00 bits per heavy atom. The van der Waals surface area contributed by atoms with Gasteiger partial charge in [-0.3, -0.25) is 4.79 Å². The first-order chi connectivity index (χ1) is 12.6. The van der Waals surface area contributed by atoms with Crippen molar-refractivity contribution >= 4 is 21.4 Å². The van der Waals surface area contributed by atoms with E-state index in [1.165, 1.54) is 11.8 Å². The molecule has 1 atom stereocenters. The van der Waals surface area contributed by atoms with Crippen LogP contribution in [0.1, 0.15) is 45.7 Å². The largest absolute Gasteiger partial charge is 0.312 e. The lowest BCUT2D eigenvalue weighted by Gasteiger charge is -2.24. The lowest BCUT2D eigenvalue weighted by atomic mass is 9.87. The van der Waals surface area contributed by atoms with Gasteiger partial charge in [-0.2, -0.15) is 0 Å². The number of hydrogen-bond donors (Lipinski definition) is 0. The molecule has 2 aromatic carbocycles. The number of sulfone groups is 1. The van der Waals surface area contributed by atoms with Gasteiger partial charge in [0.15, 0.2) is 9.84 Å². The van der Waals surface area contributed by atoms with Crippen LogP contribution in [0, 0.1) is 0 Å². The molecule has 0 spiro atoms. The molecule has 0 aromatic heterocycles. The van der Waals surface area contributed by atoms with Crippen molar-refractivity contribution in [1.82, 2.24) is 0 Å². The quantitative estimate of drug-likeness (QED) is 0.741. The SMILES string of the molecule is CCN(C(=O)C(C)S(=O)(=O)Cc1ccc(C(C)(C)C)cc1)c1ccccc1. The second-order valence-electron chi connectivity index (χ2n) is 7.81. The molecule has 1 unspecified atom stereocenters. The van der Waals surface area contributed by atoms with Gasteiger partial charge in [0.25, 0.3) is 0 Å². The highest BCUT2D eigenvalue weighted by molar-refractivity contribution is 7.92. The number of benzene rings is 2. The molecular weight excluding hydrogens is 358 g/mol. The maximum atomic E-state index is 12.8. The van der Waals surface area contributed by atoms with Gasteiger partial charge in [0.2, 0.25) is 5.91 Å². The van der Waals surface area contributed by atoms with Crippen LogP contribution in [0.5, 0.6) is 0 Å². The molecule has 0 fully saturated rings. The summed E-state index contributed by atoms with van der Waals surface area (Å²) in [5, 5.41) is -1.10. The van der Waals surface area contributed by atoms with Crippen molar-refractivity contribution in [3.63, 3.8) is 0 Å². The van der Waals surface area contributed by atoms with Crippen molar-refractivity contribution in [2.75, 3.05) is 11.4 Å².